The zero-order valence-corrected chi connectivity index (χ0v) is 11.5. The van der Waals surface area contributed by atoms with E-state index in [2.05, 4.69) is 5.32 Å². The molecule has 0 aliphatic carbocycles. The Morgan fingerprint density at radius 3 is 2.50 bits per heavy atom. The molecular weight excluding hydrogens is 224 g/mol. The Kier molecular flexibility index (Phi) is 6.83. The second kappa shape index (κ2) is 7.01. The van der Waals surface area contributed by atoms with E-state index in [-0.39, 0.29) is 11.2 Å². The van der Waals surface area contributed by atoms with Crippen molar-refractivity contribution in [1.29, 1.82) is 0 Å². The average Bonchev–Trinajstić information content (AvgIpc) is 2.27. The number of amides is 1. The fraction of sp³-hybridized carbons (Fsp3) is 0.909. The third-order valence-electron chi connectivity index (χ3n) is 3.18. The second-order valence-corrected chi connectivity index (χ2v) is 6.27. The molecule has 0 bridgehead atoms. The summed E-state index contributed by atoms with van der Waals surface area (Å²) in [6.45, 7) is 6.66. The number of nitrogens with one attached hydrogen (secondary N) is 1. The Morgan fingerprint density at radius 2 is 2.12 bits per heavy atom. The summed E-state index contributed by atoms with van der Waals surface area (Å²) in [5, 5.41) is 2.97. The molecule has 0 aliphatic heterocycles. The van der Waals surface area contributed by atoms with Crippen LogP contribution in [0.2, 0.25) is 0 Å². The molecule has 96 valence electrons. The quantitative estimate of drug-likeness (QED) is 0.694. The molecule has 16 heavy (non-hydrogen) atoms. The smallest absolute Gasteiger partial charge is 0.227 e. The van der Waals surface area contributed by atoms with Crippen LogP contribution in [0.5, 0.6) is 0 Å². The molecule has 3 unspecified atom stereocenters. The summed E-state index contributed by atoms with van der Waals surface area (Å²) in [4.78, 5) is 11.8. The van der Waals surface area contributed by atoms with Gasteiger partial charge in [-0.1, -0.05) is 13.8 Å². The summed E-state index contributed by atoms with van der Waals surface area (Å²) in [5.74, 6) is -0.00779. The van der Waals surface area contributed by atoms with Gasteiger partial charge in [0.05, 0.1) is 5.41 Å². The van der Waals surface area contributed by atoms with Gasteiger partial charge in [0.1, 0.15) is 0 Å². The fourth-order valence-corrected chi connectivity index (χ4v) is 1.62. The number of rotatable bonds is 7. The van der Waals surface area contributed by atoms with E-state index in [9.17, 15) is 9.00 Å². The first kappa shape index (κ1) is 15.6. The summed E-state index contributed by atoms with van der Waals surface area (Å²) >= 11 is 0. The Bertz CT molecular complexity index is 252. The molecule has 0 saturated heterocycles. The normalized spacial score (nSPS) is 18.6. The summed E-state index contributed by atoms with van der Waals surface area (Å²) in [5.41, 5.74) is 5.11. The van der Waals surface area contributed by atoms with Crippen molar-refractivity contribution in [1.82, 2.24) is 5.32 Å². The van der Waals surface area contributed by atoms with E-state index in [0.29, 0.717) is 13.1 Å². The number of nitrogens with two attached hydrogens (primary N) is 1. The van der Waals surface area contributed by atoms with Crippen LogP contribution in [0.4, 0.5) is 0 Å². The van der Waals surface area contributed by atoms with Crippen molar-refractivity contribution in [2.75, 3.05) is 19.3 Å². The second-order valence-electron chi connectivity index (χ2n) is 4.47. The van der Waals surface area contributed by atoms with Gasteiger partial charge in [-0.2, -0.15) is 0 Å². The Morgan fingerprint density at radius 1 is 1.56 bits per heavy atom. The summed E-state index contributed by atoms with van der Waals surface area (Å²) in [6.07, 6.45) is 3.15. The van der Waals surface area contributed by atoms with Gasteiger partial charge in [0.25, 0.3) is 0 Å². The zero-order valence-electron chi connectivity index (χ0n) is 10.7. The van der Waals surface area contributed by atoms with Crippen LogP contribution in [-0.2, 0) is 15.6 Å². The molecule has 0 aromatic heterocycles. The summed E-state index contributed by atoms with van der Waals surface area (Å²) in [7, 11) is -0.826. The van der Waals surface area contributed by atoms with Crippen LogP contribution in [0.3, 0.4) is 0 Å². The molecule has 0 aliphatic rings. The molecule has 0 heterocycles. The fourth-order valence-electron chi connectivity index (χ4n) is 1.17. The lowest BCUT2D eigenvalue weighted by Crippen LogP contribution is -2.44. The van der Waals surface area contributed by atoms with E-state index in [1.165, 1.54) is 0 Å². The minimum absolute atomic E-state index is 0.00779. The number of carbonyl (C=O) groups is 1. The van der Waals surface area contributed by atoms with E-state index < -0.39 is 16.2 Å². The van der Waals surface area contributed by atoms with E-state index in [0.717, 1.165) is 12.8 Å². The maximum Gasteiger partial charge on any atom is 0.227 e. The number of hydrogen-bond acceptors (Lipinski definition) is 3. The molecule has 3 atom stereocenters. The van der Waals surface area contributed by atoms with Crippen molar-refractivity contribution in [3.8, 4) is 0 Å². The van der Waals surface area contributed by atoms with Crippen LogP contribution >= 0.6 is 0 Å². The highest BCUT2D eigenvalue weighted by Gasteiger charge is 2.29. The van der Waals surface area contributed by atoms with Crippen molar-refractivity contribution >= 4 is 16.7 Å². The van der Waals surface area contributed by atoms with Gasteiger partial charge in [-0.15, -0.1) is 0 Å². The Hall–Kier alpha value is -0.420. The first-order valence-electron chi connectivity index (χ1n) is 5.68. The third kappa shape index (κ3) is 4.61. The molecule has 4 nitrogen and oxygen atoms in total. The van der Waals surface area contributed by atoms with Crippen LogP contribution in [0, 0.1) is 5.41 Å². The maximum atomic E-state index is 11.8. The van der Waals surface area contributed by atoms with E-state index in [1.807, 2.05) is 20.8 Å². The predicted molar refractivity (Wildman–Crippen MR) is 68.6 cm³/mol. The molecule has 5 heteroatoms. The molecule has 3 N–H and O–H groups in total. The van der Waals surface area contributed by atoms with Crippen molar-refractivity contribution in [2.45, 2.75) is 38.9 Å². The highest BCUT2D eigenvalue weighted by molar-refractivity contribution is 7.84. The van der Waals surface area contributed by atoms with E-state index in [1.54, 1.807) is 6.26 Å². The molecule has 0 saturated carbocycles. The van der Waals surface area contributed by atoms with Crippen LogP contribution in [0.15, 0.2) is 0 Å². The monoisotopic (exact) mass is 248 g/mol. The molecule has 0 fully saturated rings. The number of hydrogen-bond donors (Lipinski definition) is 2. The molecule has 0 aromatic rings. The summed E-state index contributed by atoms with van der Waals surface area (Å²) < 4.78 is 11.1. The average molecular weight is 248 g/mol. The molecule has 0 rings (SSSR count). The molecule has 0 spiro atoms. The van der Waals surface area contributed by atoms with Crippen LogP contribution in [-0.4, -0.2) is 34.7 Å². The first-order valence-corrected chi connectivity index (χ1v) is 7.30. The van der Waals surface area contributed by atoms with Gasteiger partial charge < -0.3 is 11.1 Å². The van der Waals surface area contributed by atoms with Crippen LogP contribution in [0.25, 0.3) is 0 Å². The number of carbonyl (C=O) groups excluding carboxylic acids is 1. The summed E-state index contributed by atoms with van der Waals surface area (Å²) in [6, 6.07) is 0. The first-order chi connectivity index (χ1) is 7.37. The highest BCUT2D eigenvalue weighted by atomic mass is 32.2. The van der Waals surface area contributed by atoms with Gasteiger partial charge in [0.15, 0.2) is 0 Å². The predicted octanol–water partition coefficient (Wildman–Crippen LogP) is 0.635. The van der Waals surface area contributed by atoms with Crippen molar-refractivity contribution in [3.05, 3.63) is 0 Å². The van der Waals surface area contributed by atoms with Crippen LogP contribution < -0.4 is 11.1 Å². The minimum atomic E-state index is -0.826. The van der Waals surface area contributed by atoms with Gasteiger partial charge >= 0.3 is 0 Å². The Labute approximate surface area is 101 Å². The highest BCUT2D eigenvalue weighted by Crippen LogP contribution is 2.18. The minimum Gasteiger partial charge on any atom is -0.356 e. The largest absolute Gasteiger partial charge is 0.356 e. The lowest BCUT2D eigenvalue weighted by atomic mass is 9.86. The van der Waals surface area contributed by atoms with Gasteiger partial charge in [0.2, 0.25) is 5.91 Å². The van der Waals surface area contributed by atoms with Crippen molar-refractivity contribution in [2.24, 2.45) is 11.1 Å². The standard InChI is InChI=1S/C11H24N2O2S/c1-5-11(3,8-12)10(14)13-7-6-9(2)16(4)15/h9H,5-8,12H2,1-4H3,(H,13,14). The van der Waals surface area contributed by atoms with Gasteiger partial charge in [-0.25, -0.2) is 0 Å². The SMILES string of the molecule is CCC(C)(CN)C(=O)NCCC(C)S(C)=O. The third-order valence-corrected chi connectivity index (χ3v) is 4.55. The van der Waals surface area contributed by atoms with Gasteiger partial charge in [0, 0.05) is 35.4 Å². The lowest BCUT2D eigenvalue weighted by molar-refractivity contribution is -0.129. The van der Waals surface area contributed by atoms with E-state index >= 15 is 0 Å². The maximum absolute atomic E-state index is 11.8. The molecule has 0 radical (unpaired) electrons. The van der Waals surface area contributed by atoms with Crippen LogP contribution in [0.1, 0.15) is 33.6 Å². The Balaban J connectivity index is 4.03. The molecule has 1 amide bonds. The van der Waals surface area contributed by atoms with Crippen molar-refractivity contribution in [3.63, 3.8) is 0 Å². The molecular formula is C11H24N2O2S. The zero-order chi connectivity index (χ0) is 12.8. The van der Waals surface area contributed by atoms with Gasteiger partial charge in [-0.05, 0) is 19.8 Å². The van der Waals surface area contributed by atoms with Gasteiger partial charge in [-0.3, -0.25) is 9.00 Å². The van der Waals surface area contributed by atoms with Crippen molar-refractivity contribution < 1.29 is 9.00 Å². The van der Waals surface area contributed by atoms with E-state index in [4.69, 9.17) is 5.73 Å². The topological polar surface area (TPSA) is 72.2 Å². The molecule has 0 aromatic carbocycles. The lowest BCUT2D eigenvalue weighted by Gasteiger charge is -2.25.